The van der Waals surface area contributed by atoms with E-state index in [1.807, 2.05) is 18.2 Å². The van der Waals surface area contributed by atoms with E-state index >= 15 is 0 Å². The van der Waals surface area contributed by atoms with Crippen LogP contribution in [0.1, 0.15) is 37.4 Å². The van der Waals surface area contributed by atoms with Gasteiger partial charge in [-0.2, -0.15) is 0 Å². The van der Waals surface area contributed by atoms with Crippen molar-refractivity contribution in [2.45, 2.75) is 32.9 Å². The maximum absolute atomic E-state index is 6.14. The zero-order chi connectivity index (χ0) is 16.5. The second-order valence-electron chi connectivity index (χ2n) is 5.69. The first kappa shape index (κ1) is 17.5. The van der Waals surface area contributed by atoms with Gasteiger partial charge in [-0.15, -0.1) is 0 Å². The molecule has 0 aliphatic heterocycles. The Morgan fingerprint density at radius 2 is 1.70 bits per heavy atom. The predicted octanol–water partition coefficient (Wildman–Crippen LogP) is 4.00. The number of nitrogens with two attached hydrogens (primary N) is 1. The standard InChI is InChI=1S/C20H28N2O/c1-3-14-23-20-13-9-8-12-18(20)19(15-21)22(4-2)16-17-10-6-5-7-11-17/h5-13,19H,3-4,14-16,21H2,1-2H3. The van der Waals surface area contributed by atoms with E-state index in [4.69, 9.17) is 10.5 Å². The minimum Gasteiger partial charge on any atom is -0.493 e. The van der Waals surface area contributed by atoms with Crippen LogP contribution < -0.4 is 10.5 Å². The van der Waals surface area contributed by atoms with Crippen LogP contribution in [0.25, 0.3) is 0 Å². The lowest BCUT2D eigenvalue weighted by atomic mass is 10.0. The van der Waals surface area contributed by atoms with Crippen LogP contribution in [0.15, 0.2) is 54.6 Å². The molecule has 2 aromatic rings. The Bertz CT molecular complexity index is 571. The fourth-order valence-corrected chi connectivity index (χ4v) is 2.83. The SMILES string of the molecule is CCCOc1ccccc1C(CN)N(CC)Cc1ccccc1. The van der Waals surface area contributed by atoms with Crippen LogP contribution in [0, 0.1) is 0 Å². The Morgan fingerprint density at radius 3 is 2.35 bits per heavy atom. The summed E-state index contributed by atoms with van der Waals surface area (Å²) in [4.78, 5) is 2.41. The van der Waals surface area contributed by atoms with Gasteiger partial charge >= 0.3 is 0 Å². The van der Waals surface area contributed by atoms with Crippen LogP contribution in [-0.4, -0.2) is 24.6 Å². The topological polar surface area (TPSA) is 38.5 Å². The number of nitrogens with zero attached hydrogens (tertiary/aromatic N) is 1. The van der Waals surface area contributed by atoms with Crippen molar-refractivity contribution in [1.82, 2.24) is 4.90 Å². The summed E-state index contributed by atoms with van der Waals surface area (Å²) in [7, 11) is 0. The van der Waals surface area contributed by atoms with Crippen molar-refractivity contribution in [2.75, 3.05) is 19.7 Å². The van der Waals surface area contributed by atoms with Crippen molar-refractivity contribution in [3.05, 3.63) is 65.7 Å². The predicted molar refractivity (Wildman–Crippen MR) is 96.5 cm³/mol. The van der Waals surface area contributed by atoms with Gasteiger partial charge < -0.3 is 10.5 Å². The molecule has 0 bridgehead atoms. The van der Waals surface area contributed by atoms with Gasteiger partial charge in [0.25, 0.3) is 0 Å². The van der Waals surface area contributed by atoms with Crippen molar-refractivity contribution in [1.29, 1.82) is 0 Å². The van der Waals surface area contributed by atoms with Gasteiger partial charge in [0.1, 0.15) is 5.75 Å². The van der Waals surface area contributed by atoms with E-state index in [1.54, 1.807) is 0 Å². The third-order valence-corrected chi connectivity index (χ3v) is 4.04. The molecule has 3 nitrogen and oxygen atoms in total. The fraction of sp³-hybridized carbons (Fsp3) is 0.400. The quantitative estimate of drug-likeness (QED) is 0.760. The summed E-state index contributed by atoms with van der Waals surface area (Å²) in [6, 6.07) is 19.0. The van der Waals surface area contributed by atoms with E-state index in [9.17, 15) is 0 Å². The summed E-state index contributed by atoms with van der Waals surface area (Å²) in [6.07, 6.45) is 1.00. The number of likely N-dealkylation sites (N-methyl/N-ethyl adjacent to an activating group) is 1. The molecule has 0 aromatic heterocycles. The van der Waals surface area contributed by atoms with Crippen LogP contribution in [0.5, 0.6) is 5.75 Å². The zero-order valence-corrected chi connectivity index (χ0v) is 14.2. The summed E-state index contributed by atoms with van der Waals surface area (Å²) in [5.74, 6) is 0.955. The number of benzene rings is 2. The molecule has 124 valence electrons. The van der Waals surface area contributed by atoms with Gasteiger partial charge in [-0.3, -0.25) is 4.90 Å². The molecular weight excluding hydrogens is 284 g/mol. The van der Waals surface area contributed by atoms with Gasteiger partial charge in [-0.05, 0) is 24.6 Å². The zero-order valence-electron chi connectivity index (χ0n) is 14.2. The van der Waals surface area contributed by atoms with Gasteiger partial charge in [0, 0.05) is 18.7 Å². The van der Waals surface area contributed by atoms with Gasteiger partial charge in [-0.25, -0.2) is 0 Å². The monoisotopic (exact) mass is 312 g/mol. The number of para-hydroxylation sites is 1. The van der Waals surface area contributed by atoms with Gasteiger partial charge in [0.2, 0.25) is 0 Å². The Labute approximate surface area is 140 Å². The molecule has 23 heavy (non-hydrogen) atoms. The average molecular weight is 312 g/mol. The highest BCUT2D eigenvalue weighted by molar-refractivity contribution is 5.36. The Kier molecular flexibility index (Phi) is 7.11. The molecule has 0 aliphatic rings. The van der Waals surface area contributed by atoms with Crippen molar-refractivity contribution in [3.8, 4) is 5.75 Å². The second kappa shape index (κ2) is 9.33. The van der Waals surface area contributed by atoms with Crippen LogP contribution in [0.2, 0.25) is 0 Å². The minimum atomic E-state index is 0.160. The minimum absolute atomic E-state index is 0.160. The fourth-order valence-electron chi connectivity index (χ4n) is 2.83. The van der Waals surface area contributed by atoms with E-state index < -0.39 is 0 Å². The first-order chi connectivity index (χ1) is 11.3. The first-order valence-corrected chi connectivity index (χ1v) is 8.49. The smallest absolute Gasteiger partial charge is 0.124 e. The highest BCUT2D eigenvalue weighted by Gasteiger charge is 2.21. The maximum atomic E-state index is 6.14. The summed E-state index contributed by atoms with van der Waals surface area (Å²) < 4.78 is 5.93. The number of ether oxygens (including phenoxy) is 1. The molecule has 0 radical (unpaired) electrons. The number of hydrogen-bond acceptors (Lipinski definition) is 3. The maximum Gasteiger partial charge on any atom is 0.124 e. The molecule has 3 heteroatoms. The van der Waals surface area contributed by atoms with Gasteiger partial charge in [0.05, 0.1) is 12.6 Å². The summed E-state index contributed by atoms with van der Waals surface area (Å²) in [5, 5.41) is 0. The lowest BCUT2D eigenvalue weighted by Gasteiger charge is -2.31. The highest BCUT2D eigenvalue weighted by atomic mass is 16.5. The molecule has 1 atom stereocenters. The Morgan fingerprint density at radius 1 is 1.00 bits per heavy atom. The molecule has 0 amide bonds. The van der Waals surface area contributed by atoms with E-state index in [0.29, 0.717) is 6.54 Å². The molecular formula is C20H28N2O. The van der Waals surface area contributed by atoms with Crippen LogP contribution in [-0.2, 0) is 6.54 Å². The number of rotatable bonds is 9. The molecule has 0 heterocycles. The Hall–Kier alpha value is -1.84. The van der Waals surface area contributed by atoms with E-state index in [2.05, 4.69) is 55.1 Å². The van der Waals surface area contributed by atoms with E-state index in [1.165, 1.54) is 11.1 Å². The van der Waals surface area contributed by atoms with Crippen LogP contribution in [0.3, 0.4) is 0 Å². The second-order valence-corrected chi connectivity index (χ2v) is 5.69. The third kappa shape index (κ3) is 4.81. The summed E-state index contributed by atoms with van der Waals surface area (Å²) in [6.45, 7) is 7.45. The van der Waals surface area contributed by atoms with Gasteiger partial charge in [-0.1, -0.05) is 62.4 Å². The van der Waals surface area contributed by atoms with E-state index in [-0.39, 0.29) is 6.04 Å². The molecule has 0 fully saturated rings. The van der Waals surface area contributed by atoms with Crippen molar-refractivity contribution < 1.29 is 4.74 Å². The average Bonchev–Trinajstić information content (AvgIpc) is 2.61. The molecule has 0 saturated carbocycles. The molecule has 0 spiro atoms. The van der Waals surface area contributed by atoms with Crippen molar-refractivity contribution in [2.24, 2.45) is 5.73 Å². The number of hydrogen-bond donors (Lipinski definition) is 1. The molecule has 0 saturated heterocycles. The third-order valence-electron chi connectivity index (χ3n) is 4.04. The summed E-state index contributed by atoms with van der Waals surface area (Å²) in [5.41, 5.74) is 8.62. The Balaban J connectivity index is 2.22. The molecule has 1 unspecified atom stereocenters. The summed E-state index contributed by atoms with van der Waals surface area (Å²) >= 11 is 0. The first-order valence-electron chi connectivity index (χ1n) is 8.49. The largest absolute Gasteiger partial charge is 0.493 e. The van der Waals surface area contributed by atoms with Gasteiger partial charge in [0.15, 0.2) is 0 Å². The van der Waals surface area contributed by atoms with Crippen LogP contribution in [0.4, 0.5) is 0 Å². The van der Waals surface area contributed by atoms with Crippen molar-refractivity contribution >= 4 is 0 Å². The molecule has 2 rings (SSSR count). The normalized spacial score (nSPS) is 12.3. The van der Waals surface area contributed by atoms with Crippen molar-refractivity contribution in [3.63, 3.8) is 0 Å². The van der Waals surface area contributed by atoms with E-state index in [0.717, 1.165) is 31.9 Å². The molecule has 2 aromatic carbocycles. The van der Waals surface area contributed by atoms with Crippen LogP contribution >= 0.6 is 0 Å². The lowest BCUT2D eigenvalue weighted by Crippen LogP contribution is -2.33. The highest BCUT2D eigenvalue weighted by Crippen LogP contribution is 2.30. The lowest BCUT2D eigenvalue weighted by molar-refractivity contribution is 0.197. The molecule has 0 aliphatic carbocycles. The molecule has 2 N–H and O–H groups in total.